The highest BCUT2D eigenvalue weighted by Gasteiger charge is 2.40. The first-order chi connectivity index (χ1) is 16.9. The van der Waals surface area contributed by atoms with Gasteiger partial charge in [-0.05, 0) is 61.1 Å². The van der Waals surface area contributed by atoms with E-state index in [0.717, 1.165) is 59.2 Å². The summed E-state index contributed by atoms with van der Waals surface area (Å²) in [7, 11) is 0. The summed E-state index contributed by atoms with van der Waals surface area (Å²) in [5.41, 5.74) is 7.15. The quantitative estimate of drug-likeness (QED) is 0.514. The first-order valence-electron chi connectivity index (χ1n) is 12.9. The molecule has 1 saturated carbocycles. The van der Waals surface area contributed by atoms with Crippen LogP contribution in [0.15, 0.2) is 42.7 Å². The van der Waals surface area contributed by atoms with E-state index in [0.29, 0.717) is 11.6 Å². The van der Waals surface area contributed by atoms with Crippen LogP contribution in [0.1, 0.15) is 84.8 Å². The third-order valence-electron chi connectivity index (χ3n) is 8.33. The van der Waals surface area contributed by atoms with Crippen LogP contribution in [0, 0.1) is 11.3 Å². The molecule has 0 spiro atoms. The number of anilines is 1. The molecule has 2 aromatic carbocycles. The molecule has 1 aromatic heterocycles. The highest BCUT2D eigenvalue weighted by Crippen LogP contribution is 2.46. The second-order valence-electron chi connectivity index (χ2n) is 10.8. The van der Waals surface area contributed by atoms with Crippen molar-refractivity contribution in [3.8, 4) is 6.07 Å². The summed E-state index contributed by atoms with van der Waals surface area (Å²) in [6, 6.07) is 12.9. The van der Waals surface area contributed by atoms with Crippen molar-refractivity contribution >= 4 is 22.4 Å². The van der Waals surface area contributed by atoms with E-state index >= 15 is 0 Å². The molecule has 2 aliphatic carbocycles. The van der Waals surface area contributed by atoms with Crippen molar-refractivity contribution in [2.45, 2.75) is 64.3 Å². The molecule has 1 fully saturated rings. The molecule has 5 heteroatoms. The number of H-pyrrole nitrogens is 1. The van der Waals surface area contributed by atoms with Crippen molar-refractivity contribution in [2.24, 2.45) is 0 Å². The molecule has 0 unspecified atom stereocenters. The van der Waals surface area contributed by atoms with Crippen LogP contribution >= 0.6 is 0 Å². The lowest BCUT2D eigenvalue weighted by molar-refractivity contribution is 0.103. The lowest BCUT2D eigenvalue weighted by atomic mass is 9.70. The number of hydrogen-bond acceptors (Lipinski definition) is 4. The van der Waals surface area contributed by atoms with Crippen LogP contribution in [0.5, 0.6) is 0 Å². The molecule has 2 heterocycles. The van der Waals surface area contributed by atoms with Crippen molar-refractivity contribution in [1.82, 2.24) is 9.88 Å². The van der Waals surface area contributed by atoms with Crippen LogP contribution in [0.25, 0.3) is 10.9 Å². The van der Waals surface area contributed by atoms with E-state index in [2.05, 4.69) is 66.2 Å². The summed E-state index contributed by atoms with van der Waals surface area (Å²) in [5.74, 6) is 0.0829. The van der Waals surface area contributed by atoms with Crippen LogP contribution in [-0.4, -0.2) is 34.8 Å². The van der Waals surface area contributed by atoms with E-state index in [1.807, 2.05) is 12.1 Å². The number of nitrogens with one attached hydrogen (secondary N) is 1. The van der Waals surface area contributed by atoms with Gasteiger partial charge in [0.2, 0.25) is 0 Å². The number of ketones is 1. The average molecular weight is 465 g/mol. The Kier molecular flexibility index (Phi) is 5.03. The zero-order valence-corrected chi connectivity index (χ0v) is 20.8. The third kappa shape index (κ3) is 3.31. The number of carbonyl (C=O) groups is 1. The minimum absolute atomic E-state index is 0.0829. The number of aryl methyl sites for hydroxylation is 1. The van der Waals surface area contributed by atoms with Crippen molar-refractivity contribution in [3.05, 3.63) is 76.2 Å². The van der Waals surface area contributed by atoms with Gasteiger partial charge in [0.15, 0.2) is 5.78 Å². The first-order valence-corrected chi connectivity index (χ1v) is 12.9. The number of aromatic nitrogens is 1. The van der Waals surface area contributed by atoms with E-state index < -0.39 is 0 Å². The fourth-order valence-electron chi connectivity index (χ4n) is 6.08. The minimum atomic E-state index is -0.360. The number of rotatable bonds is 4. The summed E-state index contributed by atoms with van der Waals surface area (Å²) >= 11 is 0. The Hall–Kier alpha value is -3.52. The number of benzene rings is 2. The van der Waals surface area contributed by atoms with Crippen molar-refractivity contribution < 1.29 is 4.79 Å². The average Bonchev–Trinajstić information content (AvgIpc) is 3.22. The molecule has 3 aromatic rings. The molecule has 178 valence electrons. The number of nitrogens with zero attached hydrogens (tertiary/aromatic N) is 3. The standard InChI is InChI=1S/C30H32N4O/c1-4-6-20-16-23-24(17-26(20)34-13-11-33(12-14-34)21-7-5-8-21)30(2,3)29-27(28(23)35)22-10-9-19(18-31)15-25(22)32-29/h9-11,13,15-17,21,32H,4-8,12,14H2,1-3H3. The van der Waals surface area contributed by atoms with E-state index in [4.69, 9.17) is 0 Å². The predicted octanol–water partition coefficient (Wildman–Crippen LogP) is 6.01. The van der Waals surface area contributed by atoms with Gasteiger partial charge in [-0.15, -0.1) is 0 Å². The SMILES string of the molecule is CCCc1cc2c(cc1N1C=CN(C3CCC3)CC1)C(C)(C)c1[nH]c3cc(C#N)ccc3c1C2=O. The zero-order valence-electron chi connectivity index (χ0n) is 20.8. The second-order valence-corrected chi connectivity index (χ2v) is 10.8. The van der Waals surface area contributed by atoms with Gasteiger partial charge < -0.3 is 14.8 Å². The largest absolute Gasteiger partial charge is 0.371 e. The molecule has 5 nitrogen and oxygen atoms in total. The summed E-state index contributed by atoms with van der Waals surface area (Å²) < 4.78 is 0. The Labute approximate surface area is 207 Å². The fourth-order valence-corrected chi connectivity index (χ4v) is 6.08. The lowest BCUT2D eigenvalue weighted by Crippen LogP contribution is -2.43. The summed E-state index contributed by atoms with van der Waals surface area (Å²) in [5, 5.41) is 10.3. The summed E-state index contributed by atoms with van der Waals surface area (Å²) in [6.45, 7) is 8.60. The van der Waals surface area contributed by atoms with Crippen LogP contribution in [0.2, 0.25) is 0 Å². The minimum Gasteiger partial charge on any atom is -0.371 e. The van der Waals surface area contributed by atoms with Crippen LogP contribution < -0.4 is 4.90 Å². The molecular formula is C30H32N4O. The normalized spacial score (nSPS) is 18.9. The molecule has 0 radical (unpaired) electrons. The Bertz CT molecular complexity index is 1420. The van der Waals surface area contributed by atoms with E-state index in [9.17, 15) is 10.1 Å². The van der Waals surface area contributed by atoms with Gasteiger partial charge in [0.05, 0.1) is 17.2 Å². The van der Waals surface area contributed by atoms with E-state index in [1.54, 1.807) is 6.07 Å². The topological polar surface area (TPSA) is 63.1 Å². The first kappa shape index (κ1) is 22.0. The van der Waals surface area contributed by atoms with Crippen LogP contribution in [0.3, 0.4) is 0 Å². The summed E-state index contributed by atoms with van der Waals surface area (Å²) in [6.07, 6.45) is 10.4. The maximum absolute atomic E-state index is 13.9. The van der Waals surface area contributed by atoms with Crippen molar-refractivity contribution in [2.75, 3.05) is 18.0 Å². The van der Waals surface area contributed by atoms with E-state index in [-0.39, 0.29) is 11.2 Å². The Balaban J connectivity index is 1.47. The Morgan fingerprint density at radius 3 is 2.63 bits per heavy atom. The van der Waals surface area contributed by atoms with Gasteiger partial charge >= 0.3 is 0 Å². The predicted molar refractivity (Wildman–Crippen MR) is 140 cm³/mol. The molecule has 1 N–H and O–H groups in total. The molecular weight excluding hydrogens is 432 g/mol. The van der Waals surface area contributed by atoms with Crippen LogP contribution in [0.4, 0.5) is 5.69 Å². The van der Waals surface area contributed by atoms with Crippen molar-refractivity contribution in [3.63, 3.8) is 0 Å². The van der Waals surface area contributed by atoms with Gasteiger partial charge in [-0.25, -0.2) is 0 Å². The second kappa shape index (κ2) is 8.02. The van der Waals surface area contributed by atoms with Gasteiger partial charge in [-0.3, -0.25) is 4.79 Å². The molecule has 35 heavy (non-hydrogen) atoms. The Morgan fingerprint density at radius 1 is 1.14 bits per heavy atom. The number of hydrogen-bond donors (Lipinski definition) is 1. The van der Waals surface area contributed by atoms with Crippen molar-refractivity contribution in [1.29, 1.82) is 5.26 Å². The zero-order chi connectivity index (χ0) is 24.3. The molecule has 0 atom stereocenters. The highest BCUT2D eigenvalue weighted by molar-refractivity contribution is 6.20. The summed E-state index contributed by atoms with van der Waals surface area (Å²) in [4.78, 5) is 22.3. The molecule has 1 aliphatic heterocycles. The number of carbonyl (C=O) groups excluding carboxylic acids is 1. The number of nitriles is 1. The van der Waals surface area contributed by atoms with Gasteiger partial charge in [0.1, 0.15) is 0 Å². The number of fused-ring (bicyclic) bond motifs is 4. The van der Waals surface area contributed by atoms with Gasteiger partial charge in [-0.2, -0.15) is 5.26 Å². The van der Waals surface area contributed by atoms with Gasteiger partial charge in [-0.1, -0.05) is 33.3 Å². The third-order valence-corrected chi connectivity index (χ3v) is 8.33. The molecule has 3 aliphatic rings. The van der Waals surface area contributed by atoms with Crippen LogP contribution in [-0.2, 0) is 11.8 Å². The highest BCUT2D eigenvalue weighted by atomic mass is 16.1. The van der Waals surface area contributed by atoms with Gasteiger partial charge in [0, 0.05) is 64.8 Å². The monoisotopic (exact) mass is 464 g/mol. The molecule has 0 bridgehead atoms. The smallest absolute Gasteiger partial charge is 0.195 e. The fraction of sp³-hybridized carbons (Fsp3) is 0.400. The Morgan fingerprint density at radius 2 is 1.97 bits per heavy atom. The molecule has 0 saturated heterocycles. The maximum Gasteiger partial charge on any atom is 0.195 e. The molecule has 6 rings (SSSR count). The maximum atomic E-state index is 13.9. The lowest BCUT2D eigenvalue weighted by Gasteiger charge is -2.41. The van der Waals surface area contributed by atoms with Gasteiger partial charge in [0.25, 0.3) is 0 Å². The van der Waals surface area contributed by atoms with E-state index in [1.165, 1.54) is 30.5 Å². The molecule has 0 amide bonds. The number of aromatic amines is 1.